The Morgan fingerprint density at radius 1 is 1.13 bits per heavy atom. The molecular formula is C17H16N6. The van der Waals surface area contributed by atoms with Gasteiger partial charge in [-0.05, 0) is 31.5 Å². The predicted molar refractivity (Wildman–Crippen MR) is 89.4 cm³/mol. The van der Waals surface area contributed by atoms with Gasteiger partial charge in [0.1, 0.15) is 17.3 Å². The second-order valence-electron chi connectivity index (χ2n) is 5.55. The van der Waals surface area contributed by atoms with Gasteiger partial charge in [-0.1, -0.05) is 6.07 Å². The van der Waals surface area contributed by atoms with Gasteiger partial charge in [0.25, 0.3) is 0 Å². The number of pyridine rings is 2. The van der Waals surface area contributed by atoms with Crippen molar-refractivity contribution in [2.45, 2.75) is 13.3 Å². The average molecular weight is 304 g/mol. The average Bonchev–Trinajstić information content (AvgIpc) is 2.98. The smallest absolute Gasteiger partial charge is 0.180 e. The summed E-state index contributed by atoms with van der Waals surface area (Å²) < 4.78 is 0. The molecule has 2 N–H and O–H groups in total. The van der Waals surface area contributed by atoms with Crippen LogP contribution in [0.3, 0.4) is 0 Å². The summed E-state index contributed by atoms with van der Waals surface area (Å²) >= 11 is 0. The molecule has 0 fully saturated rings. The molecule has 0 aromatic carbocycles. The normalized spacial score (nSPS) is 13.2. The third-order valence-corrected chi connectivity index (χ3v) is 3.90. The van der Waals surface area contributed by atoms with Crippen LogP contribution in [0.5, 0.6) is 0 Å². The van der Waals surface area contributed by atoms with Gasteiger partial charge in [0.15, 0.2) is 5.82 Å². The summed E-state index contributed by atoms with van der Waals surface area (Å²) in [4.78, 5) is 19.9. The van der Waals surface area contributed by atoms with E-state index in [1.54, 1.807) is 6.20 Å². The highest BCUT2D eigenvalue weighted by molar-refractivity contribution is 5.69. The predicted octanol–water partition coefficient (Wildman–Crippen LogP) is 2.52. The molecule has 0 atom stereocenters. The number of hydrogen-bond acceptors (Lipinski definition) is 6. The number of aromatic nitrogens is 4. The standard InChI is InChI=1S/C17H16N6/c1-11-3-2-4-14(21-11)16-20-10-12-6-8-23(17(12)22-16)13-5-7-19-15(18)9-13/h2-5,7,9-10H,6,8H2,1H3,(H2,18,19). The van der Waals surface area contributed by atoms with Crippen molar-refractivity contribution in [3.05, 3.63) is 54.0 Å². The Morgan fingerprint density at radius 3 is 2.87 bits per heavy atom. The molecule has 0 saturated heterocycles. The summed E-state index contributed by atoms with van der Waals surface area (Å²) in [5, 5.41) is 0. The molecule has 1 aliphatic heterocycles. The van der Waals surface area contributed by atoms with Crippen molar-refractivity contribution >= 4 is 17.3 Å². The van der Waals surface area contributed by atoms with Gasteiger partial charge in [-0.2, -0.15) is 0 Å². The number of hydrogen-bond donors (Lipinski definition) is 1. The van der Waals surface area contributed by atoms with Crippen LogP contribution in [0.25, 0.3) is 11.5 Å². The topological polar surface area (TPSA) is 80.8 Å². The van der Waals surface area contributed by atoms with Crippen LogP contribution in [0.1, 0.15) is 11.3 Å². The van der Waals surface area contributed by atoms with E-state index in [0.717, 1.165) is 41.4 Å². The zero-order valence-electron chi connectivity index (χ0n) is 12.8. The lowest BCUT2D eigenvalue weighted by molar-refractivity contribution is 0.988. The van der Waals surface area contributed by atoms with Crippen LogP contribution < -0.4 is 10.6 Å². The third kappa shape index (κ3) is 2.48. The lowest BCUT2D eigenvalue weighted by Crippen LogP contribution is -2.15. The second-order valence-corrected chi connectivity index (χ2v) is 5.55. The van der Waals surface area contributed by atoms with Crippen LogP contribution >= 0.6 is 0 Å². The van der Waals surface area contributed by atoms with E-state index in [9.17, 15) is 0 Å². The van der Waals surface area contributed by atoms with Crippen LogP contribution in [0.4, 0.5) is 17.3 Å². The molecule has 0 aliphatic carbocycles. The maximum Gasteiger partial charge on any atom is 0.180 e. The molecule has 4 rings (SSSR count). The first-order valence-electron chi connectivity index (χ1n) is 7.50. The largest absolute Gasteiger partial charge is 0.384 e. The fraction of sp³-hybridized carbons (Fsp3) is 0.176. The SMILES string of the molecule is Cc1cccc(-c2ncc3c(n2)N(c2ccnc(N)c2)CC3)n1. The van der Waals surface area contributed by atoms with Gasteiger partial charge >= 0.3 is 0 Å². The van der Waals surface area contributed by atoms with Gasteiger partial charge in [-0.3, -0.25) is 0 Å². The maximum absolute atomic E-state index is 5.80. The minimum Gasteiger partial charge on any atom is -0.384 e. The van der Waals surface area contributed by atoms with E-state index in [1.807, 2.05) is 43.5 Å². The molecule has 114 valence electrons. The first-order valence-corrected chi connectivity index (χ1v) is 7.50. The molecule has 3 aromatic rings. The first kappa shape index (κ1) is 13.6. The van der Waals surface area contributed by atoms with E-state index in [2.05, 4.69) is 19.9 Å². The Balaban J connectivity index is 1.77. The number of nitrogens with zero attached hydrogens (tertiary/aromatic N) is 5. The highest BCUT2D eigenvalue weighted by Gasteiger charge is 2.23. The fourth-order valence-electron chi connectivity index (χ4n) is 2.79. The number of anilines is 3. The molecule has 6 heteroatoms. The van der Waals surface area contributed by atoms with Crippen molar-refractivity contribution in [2.24, 2.45) is 0 Å². The third-order valence-electron chi connectivity index (χ3n) is 3.90. The monoisotopic (exact) mass is 304 g/mol. The van der Waals surface area contributed by atoms with Crippen molar-refractivity contribution in [1.29, 1.82) is 0 Å². The Hall–Kier alpha value is -3.02. The van der Waals surface area contributed by atoms with Crippen LogP contribution in [0.2, 0.25) is 0 Å². The van der Waals surface area contributed by atoms with Gasteiger partial charge in [0.2, 0.25) is 0 Å². The van der Waals surface area contributed by atoms with Crippen molar-refractivity contribution in [3.63, 3.8) is 0 Å². The summed E-state index contributed by atoms with van der Waals surface area (Å²) in [5.41, 5.74) is 9.67. The lowest BCUT2D eigenvalue weighted by atomic mass is 10.2. The molecular weight excluding hydrogens is 288 g/mol. The molecule has 0 amide bonds. The second kappa shape index (κ2) is 5.31. The molecule has 6 nitrogen and oxygen atoms in total. The van der Waals surface area contributed by atoms with Gasteiger partial charge in [0, 0.05) is 41.9 Å². The Bertz CT molecular complexity index is 876. The zero-order valence-corrected chi connectivity index (χ0v) is 12.8. The Labute approximate surface area is 134 Å². The van der Waals surface area contributed by atoms with E-state index >= 15 is 0 Å². The van der Waals surface area contributed by atoms with E-state index in [0.29, 0.717) is 11.6 Å². The number of rotatable bonds is 2. The molecule has 0 bridgehead atoms. The molecule has 4 heterocycles. The van der Waals surface area contributed by atoms with Crippen LogP contribution in [-0.4, -0.2) is 26.5 Å². The molecule has 23 heavy (non-hydrogen) atoms. The molecule has 1 aliphatic rings. The Kier molecular flexibility index (Phi) is 3.15. The summed E-state index contributed by atoms with van der Waals surface area (Å²) in [6, 6.07) is 9.66. The molecule has 3 aromatic heterocycles. The zero-order chi connectivity index (χ0) is 15.8. The van der Waals surface area contributed by atoms with E-state index in [4.69, 9.17) is 10.7 Å². The first-order chi connectivity index (χ1) is 11.2. The highest BCUT2D eigenvalue weighted by Crippen LogP contribution is 2.33. The van der Waals surface area contributed by atoms with Crippen molar-refractivity contribution in [1.82, 2.24) is 19.9 Å². The number of fused-ring (bicyclic) bond motifs is 1. The molecule has 0 radical (unpaired) electrons. The maximum atomic E-state index is 5.80. The van der Waals surface area contributed by atoms with Crippen LogP contribution in [0.15, 0.2) is 42.7 Å². The van der Waals surface area contributed by atoms with Gasteiger partial charge in [-0.25, -0.2) is 19.9 Å². The number of aryl methyl sites for hydroxylation is 1. The van der Waals surface area contributed by atoms with E-state index in [1.165, 1.54) is 0 Å². The fourth-order valence-corrected chi connectivity index (χ4v) is 2.79. The van der Waals surface area contributed by atoms with Crippen LogP contribution in [0, 0.1) is 6.92 Å². The van der Waals surface area contributed by atoms with Gasteiger partial charge < -0.3 is 10.6 Å². The van der Waals surface area contributed by atoms with Gasteiger partial charge in [0.05, 0.1) is 0 Å². The summed E-state index contributed by atoms with van der Waals surface area (Å²) in [6.45, 7) is 2.82. The van der Waals surface area contributed by atoms with E-state index in [-0.39, 0.29) is 0 Å². The van der Waals surface area contributed by atoms with Crippen LogP contribution in [-0.2, 0) is 6.42 Å². The quantitative estimate of drug-likeness (QED) is 0.783. The summed E-state index contributed by atoms with van der Waals surface area (Å²) in [5.74, 6) is 2.07. The highest BCUT2D eigenvalue weighted by atomic mass is 15.2. The van der Waals surface area contributed by atoms with Crippen molar-refractivity contribution in [3.8, 4) is 11.5 Å². The minimum absolute atomic E-state index is 0.505. The lowest BCUT2D eigenvalue weighted by Gasteiger charge is -2.18. The summed E-state index contributed by atoms with van der Waals surface area (Å²) in [6.07, 6.45) is 4.53. The van der Waals surface area contributed by atoms with E-state index < -0.39 is 0 Å². The minimum atomic E-state index is 0.505. The molecule has 0 unspecified atom stereocenters. The number of nitrogens with two attached hydrogens (primary N) is 1. The van der Waals surface area contributed by atoms with Crippen molar-refractivity contribution in [2.75, 3.05) is 17.2 Å². The molecule has 0 saturated carbocycles. The van der Waals surface area contributed by atoms with Gasteiger partial charge in [-0.15, -0.1) is 0 Å². The summed E-state index contributed by atoms with van der Waals surface area (Å²) in [7, 11) is 0. The van der Waals surface area contributed by atoms with Crippen molar-refractivity contribution < 1.29 is 0 Å². The Morgan fingerprint density at radius 2 is 2.04 bits per heavy atom. The number of nitrogen functional groups attached to an aromatic ring is 1. The molecule has 0 spiro atoms.